The summed E-state index contributed by atoms with van der Waals surface area (Å²) in [6.07, 6.45) is 2.52. The van der Waals surface area contributed by atoms with Gasteiger partial charge in [0.05, 0.1) is 0 Å². The van der Waals surface area contributed by atoms with E-state index < -0.39 is 0 Å². The molecule has 0 aromatic carbocycles. The lowest BCUT2D eigenvalue weighted by atomic mass is 10.0. The van der Waals surface area contributed by atoms with Gasteiger partial charge in [-0.15, -0.1) is 0 Å². The number of nitrogens with one attached hydrogen (secondary N) is 1. The van der Waals surface area contributed by atoms with Gasteiger partial charge in [0.25, 0.3) is 0 Å². The van der Waals surface area contributed by atoms with E-state index in [0.717, 1.165) is 11.8 Å². The topological polar surface area (TPSA) is 21.9 Å². The van der Waals surface area contributed by atoms with Crippen LogP contribution in [0.15, 0.2) is 0 Å². The fourth-order valence-corrected chi connectivity index (χ4v) is 2.06. The van der Waals surface area contributed by atoms with Gasteiger partial charge in [-0.1, -0.05) is 22.6 Å². The average Bonchev–Trinajstić information content (AvgIpc) is 2.64. The highest BCUT2D eigenvalue weighted by molar-refractivity contribution is 14.1. The molecule has 0 bridgehead atoms. The zero-order valence-corrected chi connectivity index (χ0v) is 9.28. The number of alkyl halides is 1. The molecule has 1 nitrogen and oxygen atoms in total. The van der Waals surface area contributed by atoms with Crippen LogP contribution in [0, 0.1) is 0 Å². The van der Waals surface area contributed by atoms with Crippen molar-refractivity contribution in [1.29, 1.82) is 0 Å². The van der Waals surface area contributed by atoms with Crippen molar-refractivity contribution in [3.05, 3.63) is 0 Å². The van der Waals surface area contributed by atoms with Crippen LogP contribution in [0.4, 0.5) is 0 Å². The third-order valence-corrected chi connectivity index (χ3v) is 3.57. The lowest BCUT2D eigenvalue weighted by molar-refractivity contribution is 0.595. The van der Waals surface area contributed by atoms with Crippen LogP contribution in [-0.2, 0) is 0 Å². The molecule has 0 aliphatic carbocycles. The normalized spacial score (nSPS) is 29.7. The maximum Gasteiger partial charge on any atom is 0.0359 e. The van der Waals surface area contributed by atoms with E-state index in [1.807, 2.05) is 0 Å². The summed E-state index contributed by atoms with van der Waals surface area (Å²) < 4.78 is 0.473. The molecular formula is C7H14INS. The van der Waals surface area contributed by atoms with E-state index in [0.29, 0.717) is 3.42 Å². The van der Waals surface area contributed by atoms with Gasteiger partial charge < -0.3 is 5.32 Å². The summed E-state index contributed by atoms with van der Waals surface area (Å²) in [4.78, 5) is 0. The molecule has 3 heteroatoms. The zero-order chi connectivity index (χ0) is 7.61. The molecule has 0 aromatic heterocycles. The zero-order valence-electron chi connectivity index (χ0n) is 6.23. The Hall–Kier alpha value is 1.04. The Balaban J connectivity index is 2.20. The summed E-state index contributed by atoms with van der Waals surface area (Å²) in [6, 6.07) is 0.771. The van der Waals surface area contributed by atoms with E-state index in [9.17, 15) is 0 Å². The first-order valence-corrected chi connectivity index (χ1v) is 5.41. The molecule has 1 aliphatic heterocycles. The molecule has 1 fully saturated rings. The van der Waals surface area contributed by atoms with E-state index in [-0.39, 0.29) is 0 Å². The van der Waals surface area contributed by atoms with Gasteiger partial charge >= 0.3 is 0 Å². The van der Waals surface area contributed by atoms with E-state index in [4.69, 9.17) is 0 Å². The number of hydrogen-bond acceptors (Lipinski definition) is 2. The van der Waals surface area contributed by atoms with E-state index >= 15 is 0 Å². The fraction of sp³-hybridized carbons (Fsp3) is 1.00. The summed E-state index contributed by atoms with van der Waals surface area (Å²) in [5.74, 6) is 1.02. The van der Waals surface area contributed by atoms with E-state index in [2.05, 4.69) is 47.5 Å². The Labute approximate surface area is 81.9 Å². The van der Waals surface area contributed by atoms with Crippen molar-refractivity contribution >= 4 is 35.2 Å². The molecule has 60 valence electrons. The first-order chi connectivity index (χ1) is 4.67. The molecule has 0 spiro atoms. The maximum atomic E-state index is 4.20. The lowest BCUT2D eigenvalue weighted by Crippen LogP contribution is -2.25. The molecule has 0 amide bonds. The molecule has 1 N–H and O–H groups in total. The van der Waals surface area contributed by atoms with Crippen LogP contribution >= 0.6 is 35.2 Å². The van der Waals surface area contributed by atoms with Gasteiger partial charge in [-0.25, -0.2) is 0 Å². The van der Waals surface area contributed by atoms with Crippen LogP contribution in [0.2, 0.25) is 0 Å². The summed E-state index contributed by atoms with van der Waals surface area (Å²) in [6.45, 7) is 3.54. The van der Waals surface area contributed by atoms with E-state index in [1.54, 1.807) is 0 Å². The first kappa shape index (κ1) is 9.13. The second-order valence-corrected chi connectivity index (χ2v) is 5.98. The Bertz CT molecular complexity index is 112. The number of rotatable bonds is 4. The molecule has 1 aliphatic rings. The summed E-state index contributed by atoms with van der Waals surface area (Å²) >= 11 is 6.75. The molecule has 1 rings (SSSR count). The van der Waals surface area contributed by atoms with Crippen LogP contribution in [0.1, 0.15) is 19.8 Å². The standard InChI is InChI=1S/C7H14INS/c1-7(8,3-2-4-10)6-5-9-6/h6,9-10H,2-5H2,1H3. The summed E-state index contributed by atoms with van der Waals surface area (Å²) in [5, 5.41) is 3.35. The molecule has 0 saturated carbocycles. The second-order valence-electron chi connectivity index (χ2n) is 3.07. The molecule has 2 unspecified atom stereocenters. The Morgan fingerprint density at radius 1 is 1.80 bits per heavy atom. The Morgan fingerprint density at radius 3 is 2.80 bits per heavy atom. The number of halogens is 1. The minimum Gasteiger partial charge on any atom is -0.310 e. The van der Waals surface area contributed by atoms with Crippen LogP contribution in [-0.4, -0.2) is 21.8 Å². The SMILES string of the molecule is CC(I)(CCCS)C1CN1. The molecule has 1 saturated heterocycles. The molecule has 1 heterocycles. The molecule has 0 radical (unpaired) electrons. The minimum absolute atomic E-state index is 0.473. The molecular weight excluding hydrogens is 257 g/mol. The van der Waals surface area contributed by atoms with E-state index in [1.165, 1.54) is 19.4 Å². The van der Waals surface area contributed by atoms with Crippen molar-refractivity contribution in [2.75, 3.05) is 12.3 Å². The van der Waals surface area contributed by atoms with Crippen molar-refractivity contribution in [3.8, 4) is 0 Å². The molecule has 0 aromatic rings. The van der Waals surface area contributed by atoms with Gasteiger partial charge in [-0.3, -0.25) is 0 Å². The number of hydrogen-bond donors (Lipinski definition) is 2. The van der Waals surface area contributed by atoms with Crippen molar-refractivity contribution in [3.63, 3.8) is 0 Å². The smallest absolute Gasteiger partial charge is 0.0359 e. The van der Waals surface area contributed by atoms with Crippen molar-refractivity contribution in [1.82, 2.24) is 5.32 Å². The van der Waals surface area contributed by atoms with Gasteiger partial charge in [-0.2, -0.15) is 12.6 Å². The monoisotopic (exact) mass is 271 g/mol. The van der Waals surface area contributed by atoms with Crippen molar-refractivity contribution < 1.29 is 0 Å². The lowest BCUT2D eigenvalue weighted by Gasteiger charge is -2.20. The summed E-state index contributed by atoms with van der Waals surface area (Å²) in [5.41, 5.74) is 0. The van der Waals surface area contributed by atoms with Crippen LogP contribution in [0.25, 0.3) is 0 Å². The van der Waals surface area contributed by atoms with Crippen LogP contribution in [0.5, 0.6) is 0 Å². The fourth-order valence-electron chi connectivity index (χ4n) is 1.08. The van der Waals surface area contributed by atoms with Gasteiger partial charge in [-0.05, 0) is 25.5 Å². The van der Waals surface area contributed by atoms with Crippen LogP contribution in [0.3, 0.4) is 0 Å². The summed E-state index contributed by atoms with van der Waals surface area (Å²) in [7, 11) is 0. The van der Waals surface area contributed by atoms with Crippen LogP contribution < -0.4 is 5.32 Å². The predicted octanol–water partition coefficient (Wildman–Crippen LogP) is 1.86. The average molecular weight is 271 g/mol. The van der Waals surface area contributed by atoms with Gasteiger partial charge in [0.2, 0.25) is 0 Å². The van der Waals surface area contributed by atoms with Gasteiger partial charge in [0.1, 0.15) is 0 Å². The first-order valence-electron chi connectivity index (χ1n) is 3.70. The highest BCUT2D eigenvalue weighted by atomic mass is 127. The highest BCUT2D eigenvalue weighted by Crippen LogP contribution is 2.32. The quantitative estimate of drug-likeness (QED) is 0.346. The molecule has 10 heavy (non-hydrogen) atoms. The van der Waals surface area contributed by atoms with Crippen molar-refractivity contribution in [2.45, 2.75) is 29.2 Å². The molecule has 2 atom stereocenters. The third-order valence-electron chi connectivity index (χ3n) is 1.96. The second kappa shape index (κ2) is 3.63. The van der Waals surface area contributed by atoms with Crippen molar-refractivity contribution in [2.24, 2.45) is 0 Å². The van der Waals surface area contributed by atoms with Gasteiger partial charge in [0.15, 0.2) is 0 Å². The number of thiol groups is 1. The largest absolute Gasteiger partial charge is 0.310 e. The Morgan fingerprint density at radius 2 is 2.40 bits per heavy atom. The maximum absolute atomic E-state index is 4.20. The minimum atomic E-state index is 0.473. The highest BCUT2D eigenvalue weighted by Gasteiger charge is 2.38. The van der Waals surface area contributed by atoms with Gasteiger partial charge in [0, 0.05) is 16.0 Å². The third kappa shape index (κ3) is 2.58. The Kier molecular flexibility index (Phi) is 3.31. The predicted molar refractivity (Wildman–Crippen MR) is 57.3 cm³/mol.